The number of carbonyl (C=O) groups excluding carboxylic acids is 2. The molecule has 1 unspecified atom stereocenters. The van der Waals surface area contributed by atoms with E-state index in [1.807, 2.05) is 48.2 Å². The Morgan fingerprint density at radius 1 is 1.12 bits per heavy atom. The van der Waals surface area contributed by atoms with E-state index in [2.05, 4.69) is 26.1 Å². The first-order valence-corrected chi connectivity index (χ1v) is 15.4. The van der Waals surface area contributed by atoms with E-state index < -0.39 is 11.6 Å². The minimum absolute atomic E-state index is 0.131. The molecule has 3 rings (SSSR count). The van der Waals surface area contributed by atoms with Gasteiger partial charge in [-0.25, -0.2) is 0 Å². The van der Waals surface area contributed by atoms with Gasteiger partial charge in [0.15, 0.2) is 0 Å². The second-order valence-corrected chi connectivity index (χ2v) is 12.1. The number of amides is 1. The Balaban J connectivity index is 0.000000782. The van der Waals surface area contributed by atoms with Crippen molar-refractivity contribution >= 4 is 47.6 Å². The summed E-state index contributed by atoms with van der Waals surface area (Å²) in [5.41, 5.74) is 2.67. The SMILES string of the molecule is CCCC(c1ccc(C=O)cc1)N(C=O)C1(/N=C(\C)c2cc(Cl)cc(Cl)c2)CCC(C(C)C)CC1.CNCCC(=O)O. The molecule has 0 aliphatic heterocycles. The molecule has 1 aliphatic rings. The van der Waals surface area contributed by atoms with Crippen LogP contribution < -0.4 is 5.32 Å². The first-order valence-electron chi connectivity index (χ1n) is 14.7. The van der Waals surface area contributed by atoms with E-state index >= 15 is 0 Å². The topological polar surface area (TPSA) is 99.1 Å². The van der Waals surface area contributed by atoms with Gasteiger partial charge >= 0.3 is 5.97 Å². The molecule has 2 N–H and O–H groups in total. The summed E-state index contributed by atoms with van der Waals surface area (Å²) in [4.78, 5) is 41.0. The van der Waals surface area contributed by atoms with Gasteiger partial charge in [0.1, 0.15) is 11.9 Å². The molecule has 1 aliphatic carbocycles. The van der Waals surface area contributed by atoms with Crippen LogP contribution in [-0.4, -0.2) is 53.6 Å². The number of hydrogen-bond acceptors (Lipinski definition) is 5. The Morgan fingerprint density at radius 3 is 2.14 bits per heavy atom. The van der Waals surface area contributed by atoms with Crippen molar-refractivity contribution < 1.29 is 19.5 Å². The number of carboxylic acid groups (broad SMARTS) is 1. The molecular formula is C33H45Cl2N3O4. The minimum Gasteiger partial charge on any atom is -0.481 e. The number of nitrogens with zero attached hydrogens (tertiary/aromatic N) is 2. The van der Waals surface area contributed by atoms with Crippen LogP contribution in [0.4, 0.5) is 0 Å². The van der Waals surface area contributed by atoms with Gasteiger partial charge in [-0.15, -0.1) is 0 Å². The number of carboxylic acids is 1. The molecule has 2 aromatic rings. The fourth-order valence-electron chi connectivity index (χ4n) is 5.57. The number of hydrogen-bond donors (Lipinski definition) is 2. The smallest absolute Gasteiger partial charge is 0.304 e. The van der Waals surface area contributed by atoms with E-state index in [-0.39, 0.29) is 12.5 Å². The monoisotopic (exact) mass is 617 g/mol. The quantitative estimate of drug-likeness (QED) is 0.176. The first kappa shape index (κ1) is 35.5. The van der Waals surface area contributed by atoms with Crippen molar-refractivity contribution in [2.24, 2.45) is 16.8 Å². The number of nitrogens with one attached hydrogen (secondary N) is 1. The van der Waals surface area contributed by atoms with Crippen molar-refractivity contribution in [3.05, 3.63) is 69.2 Å². The highest BCUT2D eigenvalue weighted by molar-refractivity contribution is 6.35. The zero-order chi connectivity index (χ0) is 31.3. The summed E-state index contributed by atoms with van der Waals surface area (Å²) in [5.74, 6) is 0.454. The molecule has 0 radical (unpaired) electrons. The average Bonchev–Trinajstić information content (AvgIpc) is 2.96. The maximum Gasteiger partial charge on any atom is 0.304 e. The van der Waals surface area contributed by atoms with Crippen molar-refractivity contribution in [2.45, 2.75) is 84.3 Å². The molecule has 2 aromatic carbocycles. The van der Waals surface area contributed by atoms with Gasteiger partial charge in [0.05, 0.1) is 12.5 Å². The standard InChI is InChI=1S/C29H36Cl2N2O2.C4H9NO2/c1-5-6-28(24-9-7-22(18-34)8-10-24)33(19-35)29(13-11-23(12-14-29)20(2)3)32-21(4)25-15-26(30)17-27(31)16-25;1-5-3-2-4(6)7/h7-10,15-20,23,28H,5-6,11-14H2,1-4H3;5H,2-3H2,1H3,(H,6,7)/b32-21+;. The lowest BCUT2D eigenvalue weighted by molar-refractivity contribution is -0.137. The molecule has 42 heavy (non-hydrogen) atoms. The number of benzene rings is 2. The summed E-state index contributed by atoms with van der Waals surface area (Å²) in [6.45, 7) is 9.18. The molecule has 0 bridgehead atoms. The second kappa shape index (κ2) is 17.4. The molecule has 1 amide bonds. The predicted octanol–water partition coefficient (Wildman–Crippen LogP) is 7.84. The van der Waals surface area contributed by atoms with Gasteiger partial charge in [-0.1, -0.05) is 74.7 Å². The number of aliphatic carboxylic acids is 1. The van der Waals surface area contributed by atoms with Crippen LogP contribution in [0.2, 0.25) is 10.0 Å². The second-order valence-electron chi connectivity index (χ2n) is 11.3. The van der Waals surface area contributed by atoms with E-state index in [9.17, 15) is 14.4 Å². The lowest BCUT2D eigenvalue weighted by Crippen LogP contribution is -2.51. The van der Waals surface area contributed by atoms with Crippen LogP contribution >= 0.6 is 23.2 Å². The summed E-state index contributed by atoms with van der Waals surface area (Å²) in [6.07, 6.45) is 7.38. The Kier molecular flexibility index (Phi) is 14.7. The highest BCUT2D eigenvalue weighted by Crippen LogP contribution is 2.44. The van der Waals surface area contributed by atoms with E-state index in [1.165, 1.54) is 0 Å². The van der Waals surface area contributed by atoms with Crippen molar-refractivity contribution in [1.82, 2.24) is 10.2 Å². The lowest BCUT2D eigenvalue weighted by Gasteiger charge is -2.48. The van der Waals surface area contributed by atoms with Crippen LogP contribution in [0, 0.1) is 11.8 Å². The molecule has 230 valence electrons. The van der Waals surface area contributed by atoms with E-state index in [4.69, 9.17) is 33.3 Å². The Bertz CT molecular complexity index is 1170. The van der Waals surface area contributed by atoms with Crippen LogP contribution in [0.1, 0.15) is 100 Å². The van der Waals surface area contributed by atoms with Crippen molar-refractivity contribution in [2.75, 3.05) is 13.6 Å². The van der Waals surface area contributed by atoms with Gasteiger partial charge in [-0.2, -0.15) is 0 Å². The van der Waals surface area contributed by atoms with Crippen molar-refractivity contribution in [3.63, 3.8) is 0 Å². The summed E-state index contributed by atoms with van der Waals surface area (Å²) in [7, 11) is 1.73. The zero-order valence-corrected chi connectivity index (χ0v) is 26.9. The van der Waals surface area contributed by atoms with E-state index in [0.717, 1.165) is 68.1 Å². The summed E-state index contributed by atoms with van der Waals surface area (Å²) in [5, 5.41) is 11.8. The van der Waals surface area contributed by atoms with E-state index in [0.29, 0.717) is 34.0 Å². The number of halogens is 2. The Labute approximate surface area is 260 Å². The number of rotatable bonds is 13. The number of aldehydes is 1. The van der Waals surface area contributed by atoms with Crippen LogP contribution in [0.25, 0.3) is 0 Å². The normalized spacial score (nSPS) is 19.4. The number of aliphatic imine (C=N–C) groups is 1. The van der Waals surface area contributed by atoms with Crippen LogP contribution in [-0.2, 0) is 9.59 Å². The molecule has 0 saturated heterocycles. The highest BCUT2D eigenvalue weighted by Gasteiger charge is 2.43. The molecule has 1 fully saturated rings. The summed E-state index contributed by atoms with van der Waals surface area (Å²) in [6, 6.07) is 12.9. The fraction of sp³-hybridized carbons (Fsp3) is 0.515. The Morgan fingerprint density at radius 2 is 1.71 bits per heavy atom. The summed E-state index contributed by atoms with van der Waals surface area (Å²) < 4.78 is 0. The molecule has 0 heterocycles. The zero-order valence-electron chi connectivity index (χ0n) is 25.4. The third-order valence-corrected chi connectivity index (χ3v) is 8.40. The van der Waals surface area contributed by atoms with Gasteiger partial charge in [0.25, 0.3) is 0 Å². The van der Waals surface area contributed by atoms with Crippen molar-refractivity contribution in [1.29, 1.82) is 0 Å². The average molecular weight is 619 g/mol. The molecule has 1 atom stereocenters. The molecule has 0 aromatic heterocycles. The number of carbonyl (C=O) groups is 3. The predicted molar refractivity (Wildman–Crippen MR) is 172 cm³/mol. The van der Waals surface area contributed by atoms with Gasteiger partial charge < -0.3 is 15.3 Å². The molecule has 9 heteroatoms. The van der Waals surface area contributed by atoms with Gasteiger partial charge in [-0.05, 0) is 87.2 Å². The third kappa shape index (κ3) is 10.2. The summed E-state index contributed by atoms with van der Waals surface area (Å²) >= 11 is 12.6. The van der Waals surface area contributed by atoms with Gasteiger partial charge in [0, 0.05) is 27.9 Å². The fourth-order valence-corrected chi connectivity index (χ4v) is 6.09. The largest absolute Gasteiger partial charge is 0.481 e. The molecule has 7 nitrogen and oxygen atoms in total. The van der Waals surface area contributed by atoms with Gasteiger partial charge in [0.2, 0.25) is 6.41 Å². The highest BCUT2D eigenvalue weighted by atomic mass is 35.5. The van der Waals surface area contributed by atoms with Crippen molar-refractivity contribution in [3.8, 4) is 0 Å². The van der Waals surface area contributed by atoms with Crippen LogP contribution in [0.5, 0.6) is 0 Å². The maximum absolute atomic E-state index is 12.8. The molecular weight excluding hydrogens is 573 g/mol. The minimum atomic E-state index is -0.755. The molecule has 0 spiro atoms. The van der Waals surface area contributed by atoms with Crippen LogP contribution in [0.15, 0.2) is 47.5 Å². The maximum atomic E-state index is 12.8. The Hall–Kier alpha value is -2.74. The van der Waals surface area contributed by atoms with Crippen LogP contribution in [0.3, 0.4) is 0 Å². The lowest BCUT2D eigenvalue weighted by atomic mass is 9.75. The van der Waals surface area contributed by atoms with Gasteiger partial charge in [-0.3, -0.25) is 19.4 Å². The third-order valence-electron chi connectivity index (χ3n) is 7.97. The molecule has 1 saturated carbocycles. The first-order chi connectivity index (χ1) is 20.0. The van der Waals surface area contributed by atoms with E-state index in [1.54, 1.807) is 13.1 Å².